The number of hydrogen-bond donors (Lipinski definition) is 2. The Morgan fingerprint density at radius 2 is 1.84 bits per heavy atom. The number of hydrogen-bond acceptors (Lipinski definition) is 5. The van der Waals surface area contributed by atoms with E-state index in [4.69, 9.17) is 0 Å². The number of aromatic hydroxyl groups is 1. The van der Waals surface area contributed by atoms with Gasteiger partial charge < -0.3 is 5.11 Å². The summed E-state index contributed by atoms with van der Waals surface area (Å²) in [4.78, 5) is 10.0. The molecule has 0 spiro atoms. The zero-order valence-corrected chi connectivity index (χ0v) is 9.85. The molecule has 0 bridgehead atoms. The molecular weight excluding hydrogens is 246 g/mol. The van der Waals surface area contributed by atoms with Gasteiger partial charge in [0.1, 0.15) is 5.75 Å². The number of phenols is 1. The maximum absolute atomic E-state index is 10.5. The normalized spacial score (nSPS) is 10.5. The van der Waals surface area contributed by atoms with Gasteiger partial charge in [0.2, 0.25) is 0 Å². The fourth-order valence-electron chi connectivity index (χ4n) is 1.43. The van der Waals surface area contributed by atoms with Crippen molar-refractivity contribution in [3.63, 3.8) is 0 Å². The molecule has 0 unspecified atom stereocenters. The minimum absolute atomic E-state index is 0.0234. The summed E-state index contributed by atoms with van der Waals surface area (Å²) in [6, 6.07) is 12.7. The van der Waals surface area contributed by atoms with Gasteiger partial charge >= 0.3 is 0 Å². The zero-order chi connectivity index (χ0) is 13.7. The van der Waals surface area contributed by atoms with Crippen molar-refractivity contribution in [2.75, 3.05) is 5.43 Å². The smallest absolute Gasteiger partial charge is 0.269 e. The summed E-state index contributed by atoms with van der Waals surface area (Å²) in [6.07, 6.45) is 1.47. The third-order valence-corrected chi connectivity index (χ3v) is 2.41. The van der Waals surface area contributed by atoms with Crippen molar-refractivity contribution in [2.24, 2.45) is 5.10 Å². The molecule has 2 rings (SSSR count). The molecule has 0 amide bonds. The maximum Gasteiger partial charge on any atom is 0.269 e. The van der Waals surface area contributed by atoms with E-state index in [1.807, 2.05) is 0 Å². The summed E-state index contributed by atoms with van der Waals surface area (Å²) in [6.45, 7) is 0. The highest BCUT2D eigenvalue weighted by Crippen LogP contribution is 2.16. The van der Waals surface area contributed by atoms with E-state index in [9.17, 15) is 15.2 Å². The Morgan fingerprint density at radius 1 is 1.16 bits per heavy atom. The van der Waals surface area contributed by atoms with Crippen LogP contribution in [0.3, 0.4) is 0 Å². The van der Waals surface area contributed by atoms with Gasteiger partial charge in [0.05, 0.1) is 16.8 Å². The van der Waals surface area contributed by atoms with E-state index in [1.165, 1.54) is 18.3 Å². The molecule has 0 saturated heterocycles. The first-order valence-electron chi connectivity index (χ1n) is 5.48. The Morgan fingerprint density at radius 3 is 2.47 bits per heavy atom. The average molecular weight is 257 g/mol. The van der Waals surface area contributed by atoms with Crippen LogP contribution in [-0.2, 0) is 0 Å². The van der Waals surface area contributed by atoms with E-state index in [-0.39, 0.29) is 11.4 Å². The lowest BCUT2D eigenvalue weighted by atomic mass is 10.2. The van der Waals surface area contributed by atoms with Crippen LogP contribution >= 0.6 is 0 Å². The molecule has 2 aromatic rings. The van der Waals surface area contributed by atoms with Gasteiger partial charge in [0.25, 0.3) is 5.69 Å². The summed E-state index contributed by atoms with van der Waals surface area (Å²) >= 11 is 0. The lowest BCUT2D eigenvalue weighted by Gasteiger charge is -2.00. The Bertz CT molecular complexity index is 609. The summed E-state index contributed by atoms with van der Waals surface area (Å²) in [5.41, 5.74) is 3.95. The molecule has 0 radical (unpaired) electrons. The van der Waals surface area contributed by atoms with Crippen LogP contribution in [0.15, 0.2) is 53.6 Å². The van der Waals surface area contributed by atoms with E-state index in [0.29, 0.717) is 11.3 Å². The van der Waals surface area contributed by atoms with Crippen molar-refractivity contribution >= 4 is 17.6 Å². The predicted octanol–water partition coefficient (Wildman–Crippen LogP) is 2.75. The molecule has 0 aromatic heterocycles. The number of nitro groups is 1. The molecule has 0 aliphatic carbocycles. The summed E-state index contributed by atoms with van der Waals surface area (Å²) < 4.78 is 0. The fourth-order valence-corrected chi connectivity index (χ4v) is 1.43. The van der Waals surface area contributed by atoms with Crippen LogP contribution in [-0.4, -0.2) is 16.2 Å². The standard InChI is InChI=1S/C13H11N3O3/c17-13-4-2-1-3-10(13)9-14-15-11-5-7-12(8-6-11)16(18)19/h1-9,15,17H/b14-9-. The van der Waals surface area contributed by atoms with Gasteiger partial charge in [-0.15, -0.1) is 0 Å². The molecule has 0 aliphatic rings. The topological polar surface area (TPSA) is 87.8 Å². The molecule has 6 heteroatoms. The number of rotatable bonds is 4. The number of nitro benzene ring substituents is 1. The highest BCUT2D eigenvalue weighted by molar-refractivity contribution is 5.83. The first-order chi connectivity index (χ1) is 9.16. The van der Waals surface area contributed by atoms with Crippen molar-refractivity contribution in [2.45, 2.75) is 0 Å². The third-order valence-electron chi connectivity index (χ3n) is 2.41. The number of nitrogens with one attached hydrogen (secondary N) is 1. The molecule has 2 N–H and O–H groups in total. The number of phenolic OH excluding ortho intramolecular Hbond substituents is 1. The maximum atomic E-state index is 10.5. The van der Waals surface area contributed by atoms with Crippen LogP contribution in [0, 0.1) is 10.1 Å². The van der Waals surface area contributed by atoms with Crippen LogP contribution in [0.25, 0.3) is 0 Å². The number of anilines is 1. The Balaban J connectivity index is 2.03. The van der Waals surface area contributed by atoms with Crippen LogP contribution < -0.4 is 5.43 Å². The molecule has 2 aromatic carbocycles. The van der Waals surface area contributed by atoms with Crippen LogP contribution in [0.2, 0.25) is 0 Å². The molecule has 0 atom stereocenters. The van der Waals surface area contributed by atoms with Crippen molar-refractivity contribution in [1.82, 2.24) is 0 Å². The number of non-ortho nitro benzene ring substituents is 1. The molecule has 19 heavy (non-hydrogen) atoms. The van der Waals surface area contributed by atoms with E-state index >= 15 is 0 Å². The monoisotopic (exact) mass is 257 g/mol. The predicted molar refractivity (Wildman–Crippen MR) is 72.4 cm³/mol. The second kappa shape index (κ2) is 5.63. The van der Waals surface area contributed by atoms with Crippen LogP contribution in [0.4, 0.5) is 11.4 Å². The second-order valence-corrected chi connectivity index (χ2v) is 3.73. The Kier molecular flexibility index (Phi) is 3.72. The van der Waals surface area contributed by atoms with E-state index in [2.05, 4.69) is 10.5 Å². The lowest BCUT2D eigenvalue weighted by molar-refractivity contribution is -0.384. The van der Waals surface area contributed by atoms with Gasteiger partial charge in [-0.2, -0.15) is 5.10 Å². The molecule has 0 saturated carbocycles. The van der Waals surface area contributed by atoms with Crippen molar-refractivity contribution < 1.29 is 10.0 Å². The largest absolute Gasteiger partial charge is 0.507 e. The molecule has 0 aliphatic heterocycles. The van der Waals surface area contributed by atoms with Gasteiger partial charge in [-0.25, -0.2) is 0 Å². The summed E-state index contributed by atoms with van der Waals surface area (Å²) in [5.74, 6) is 0.136. The molecule has 0 fully saturated rings. The van der Waals surface area contributed by atoms with E-state index < -0.39 is 4.92 Å². The second-order valence-electron chi connectivity index (χ2n) is 3.73. The first-order valence-corrected chi connectivity index (χ1v) is 5.48. The Labute approximate surface area is 109 Å². The molecule has 0 heterocycles. The van der Waals surface area contributed by atoms with Crippen molar-refractivity contribution in [3.05, 3.63) is 64.2 Å². The number of para-hydroxylation sites is 1. The van der Waals surface area contributed by atoms with Gasteiger partial charge in [-0.3, -0.25) is 15.5 Å². The molecule has 96 valence electrons. The Hall–Kier alpha value is -2.89. The number of nitrogens with zero attached hydrogens (tertiary/aromatic N) is 2. The van der Waals surface area contributed by atoms with Gasteiger partial charge in [0, 0.05) is 17.7 Å². The fraction of sp³-hybridized carbons (Fsp3) is 0. The highest BCUT2D eigenvalue weighted by atomic mass is 16.6. The summed E-state index contributed by atoms with van der Waals surface area (Å²) in [7, 11) is 0. The minimum Gasteiger partial charge on any atom is -0.507 e. The molecule has 6 nitrogen and oxygen atoms in total. The van der Waals surface area contributed by atoms with E-state index in [0.717, 1.165) is 0 Å². The average Bonchev–Trinajstić information content (AvgIpc) is 2.41. The zero-order valence-electron chi connectivity index (χ0n) is 9.85. The number of hydrazone groups is 1. The lowest BCUT2D eigenvalue weighted by Crippen LogP contribution is -1.92. The minimum atomic E-state index is -0.463. The van der Waals surface area contributed by atoms with Gasteiger partial charge in [-0.1, -0.05) is 12.1 Å². The summed E-state index contributed by atoms with van der Waals surface area (Å²) in [5, 5.41) is 23.9. The van der Waals surface area contributed by atoms with Gasteiger partial charge in [-0.05, 0) is 24.3 Å². The first kappa shape index (κ1) is 12.6. The van der Waals surface area contributed by atoms with E-state index in [1.54, 1.807) is 36.4 Å². The number of benzene rings is 2. The highest BCUT2D eigenvalue weighted by Gasteiger charge is 2.02. The van der Waals surface area contributed by atoms with Crippen molar-refractivity contribution in [3.8, 4) is 5.75 Å². The quantitative estimate of drug-likeness (QED) is 0.500. The van der Waals surface area contributed by atoms with Gasteiger partial charge in [0.15, 0.2) is 0 Å². The molecular formula is C13H11N3O3. The van der Waals surface area contributed by atoms with Crippen LogP contribution in [0.5, 0.6) is 5.75 Å². The third kappa shape index (κ3) is 3.29. The van der Waals surface area contributed by atoms with Crippen molar-refractivity contribution in [1.29, 1.82) is 0 Å². The SMILES string of the molecule is O=[N+]([O-])c1ccc(N/N=C\c2ccccc2O)cc1. The van der Waals surface area contributed by atoms with Crippen LogP contribution in [0.1, 0.15) is 5.56 Å².